The Hall–Kier alpha value is -0.810. The van der Waals surface area contributed by atoms with Gasteiger partial charge < -0.3 is 15.5 Å². The SMILES string of the molecule is CCN1CCC(CN)(N2CCN(c3cccc(Cl)c3)CC2)CC1. The quantitative estimate of drug-likeness (QED) is 0.915. The van der Waals surface area contributed by atoms with Crippen LogP contribution in [0.25, 0.3) is 0 Å². The molecule has 2 aliphatic rings. The van der Waals surface area contributed by atoms with Gasteiger partial charge in [0.2, 0.25) is 0 Å². The number of piperazine rings is 1. The third-order valence-electron chi connectivity index (χ3n) is 5.74. The molecule has 2 heterocycles. The van der Waals surface area contributed by atoms with Gasteiger partial charge in [0.1, 0.15) is 0 Å². The molecule has 0 bridgehead atoms. The van der Waals surface area contributed by atoms with Crippen LogP contribution in [0.4, 0.5) is 5.69 Å². The van der Waals surface area contributed by atoms with Crippen LogP contribution in [-0.2, 0) is 0 Å². The first-order chi connectivity index (χ1) is 11.2. The highest BCUT2D eigenvalue weighted by atomic mass is 35.5. The molecule has 2 aliphatic heterocycles. The van der Waals surface area contributed by atoms with Gasteiger partial charge in [0.15, 0.2) is 0 Å². The Morgan fingerprint density at radius 2 is 1.78 bits per heavy atom. The number of nitrogens with two attached hydrogens (primary N) is 1. The van der Waals surface area contributed by atoms with E-state index in [0.29, 0.717) is 0 Å². The van der Waals surface area contributed by atoms with Gasteiger partial charge in [-0.25, -0.2) is 0 Å². The smallest absolute Gasteiger partial charge is 0.0426 e. The summed E-state index contributed by atoms with van der Waals surface area (Å²) < 4.78 is 0. The fourth-order valence-corrected chi connectivity index (χ4v) is 4.23. The molecule has 1 aromatic rings. The summed E-state index contributed by atoms with van der Waals surface area (Å²) in [5.74, 6) is 0. The maximum atomic E-state index is 6.23. The molecule has 0 spiro atoms. The molecule has 0 aliphatic carbocycles. The molecule has 23 heavy (non-hydrogen) atoms. The summed E-state index contributed by atoms with van der Waals surface area (Å²) >= 11 is 6.13. The molecular formula is C18H29ClN4. The molecule has 1 aromatic carbocycles. The van der Waals surface area contributed by atoms with Crippen LogP contribution in [0.15, 0.2) is 24.3 Å². The standard InChI is InChI=1S/C18H29ClN4/c1-2-21-8-6-18(15-20,7-9-21)23-12-10-22(11-13-23)17-5-3-4-16(19)14-17/h3-5,14H,2,6-13,15,20H2,1H3. The van der Waals surface area contributed by atoms with E-state index in [0.717, 1.165) is 44.3 Å². The molecule has 5 heteroatoms. The summed E-state index contributed by atoms with van der Waals surface area (Å²) in [7, 11) is 0. The highest BCUT2D eigenvalue weighted by Crippen LogP contribution is 2.30. The second-order valence-electron chi connectivity index (χ2n) is 6.82. The highest BCUT2D eigenvalue weighted by Gasteiger charge is 2.39. The summed E-state index contributed by atoms with van der Waals surface area (Å²) in [5, 5.41) is 0.815. The number of halogens is 1. The molecule has 2 fully saturated rings. The van der Waals surface area contributed by atoms with Crippen molar-refractivity contribution < 1.29 is 0 Å². The maximum absolute atomic E-state index is 6.23. The van der Waals surface area contributed by atoms with Crippen LogP contribution in [0.2, 0.25) is 5.02 Å². The molecule has 0 amide bonds. The Labute approximate surface area is 145 Å². The minimum absolute atomic E-state index is 0.214. The molecule has 128 valence electrons. The first-order valence-corrected chi connectivity index (χ1v) is 9.23. The van der Waals surface area contributed by atoms with Gasteiger partial charge in [0.05, 0.1) is 0 Å². The molecule has 0 atom stereocenters. The third-order valence-corrected chi connectivity index (χ3v) is 5.97. The van der Waals surface area contributed by atoms with E-state index in [1.165, 1.54) is 31.6 Å². The average molecular weight is 337 g/mol. The third kappa shape index (κ3) is 3.66. The predicted octanol–water partition coefficient (Wildman–Crippen LogP) is 2.28. The number of hydrogen-bond donors (Lipinski definition) is 1. The molecule has 0 aromatic heterocycles. The summed E-state index contributed by atoms with van der Waals surface area (Å²) in [6.07, 6.45) is 2.41. The van der Waals surface area contributed by atoms with Gasteiger partial charge in [-0.2, -0.15) is 0 Å². The van der Waals surface area contributed by atoms with E-state index in [4.69, 9.17) is 17.3 Å². The van der Waals surface area contributed by atoms with Gasteiger partial charge in [-0.05, 0) is 50.7 Å². The predicted molar refractivity (Wildman–Crippen MR) is 98.4 cm³/mol. The van der Waals surface area contributed by atoms with E-state index >= 15 is 0 Å². The van der Waals surface area contributed by atoms with Gasteiger partial charge in [0, 0.05) is 49.0 Å². The summed E-state index contributed by atoms with van der Waals surface area (Å²) in [6.45, 7) is 10.8. The van der Waals surface area contributed by atoms with Gasteiger partial charge in [-0.1, -0.05) is 24.6 Å². The molecule has 2 N–H and O–H groups in total. The lowest BCUT2D eigenvalue weighted by Crippen LogP contribution is -2.63. The normalized spacial score (nSPS) is 23.2. The minimum atomic E-state index is 0.214. The zero-order valence-corrected chi connectivity index (χ0v) is 14.9. The number of nitrogens with zero attached hydrogens (tertiary/aromatic N) is 3. The van der Waals surface area contributed by atoms with Crippen molar-refractivity contribution in [2.45, 2.75) is 25.3 Å². The average Bonchev–Trinajstić information content (AvgIpc) is 2.62. The number of benzene rings is 1. The fraction of sp³-hybridized carbons (Fsp3) is 0.667. The molecule has 0 unspecified atom stereocenters. The zero-order chi connectivity index (χ0) is 16.3. The Balaban J connectivity index is 1.61. The highest BCUT2D eigenvalue weighted by molar-refractivity contribution is 6.30. The second-order valence-corrected chi connectivity index (χ2v) is 7.25. The van der Waals surface area contributed by atoms with Crippen molar-refractivity contribution in [3.8, 4) is 0 Å². The number of piperidine rings is 1. The van der Waals surface area contributed by atoms with Gasteiger partial charge in [0.25, 0.3) is 0 Å². The lowest BCUT2D eigenvalue weighted by Gasteiger charge is -2.51. The van der Waals surface area contributed by atoms with Crippen molar-refractivity contribution in [1.82, 2.24) is 9.80 Å². The molecular weight excluding hydrogens is 308 g/mol. The lowest BCUT2D eigenvalue weighted by atomic mass is 9.85. The van der Waals surface area contributed by atoms with Crippen molar-refractivity contribution in [3.05, 3.63) is 29.3 Å². The van der Waals surface area contributed by atoms with Crippen molar-refractivity contribution in [2.24, 2.45) is 5.73 Å². The molecule has 0 saturated carbocycles. The van der Waals surface area contributed by atoms with Crippen LogP contribution in [0.3, 0.4) is 0 Å². The second kappa shape index (κ2) is 7.39. The Morgan fingerprint density at radius 1 is 1.09 bits per heavy atom. The molecule has 2 saturated heterocycles. The van der Waals surface area contributed by atoms with Crippen LogP contribution in [0.1, 0.15) is 19.8 Å². The number of anilines is 1. The van der Waals surface area contributed by atoms with Crippen LogP contribution < -0.4 is 10.6 Å². The topological polar surface area (TPSA) is 35.7 Å². The Kier molecular flexibility index (Phi) is 5.47. The summed E-state index contributed by atoms with van der Waals surface area (Å²) in [6, 6.07) is 8.19. The van der Waals surface area contributed by atoms with Crippen molar-refractivity contribution in [2.75, 3.05) is 57.3 Å². The van der Waals surface area contributed by atoms with Crippen LogP contribution in [0.5, 0.6) is 0 Å². The van der Waals surface area contributed by atoms with Gasteiger partial charge in [-0.15, -0.1) is 0 Å². The number of rotatable bonds is 4. The minimum Gasteiger partial charge on any atom is -0.369 e. The van der Waals surface area contributed by atoms with Crippen molar-refractivity contribution >= 4 is 17.3 Å². The Morgan fingerprint density at radius 3 is 2.35 bits per heavy atom. The van der Waals surface area contributed by atoms with Gasteiger partial charge in [-0.3, -0.25) is 4.90 Å². The van der Waals surface area contributed by atoms with E-state index in [2.05, 4.69) is 33.8 Å². The molecule has 3 rings (SSSR count). The zero-order valence-electron chi connectivity index (χ0n) is 14.2. The van der Waals surface area contributed by atoms with Crippen LogP contribution >= 0.6 is 11.6 Å². The van der Waals surface area contributed by atoms with Crippen molar-refractivity contribution in [1.29, 1.82) is 0 Å². The summed E-state index contributed by atoms with van der Waals surface area (Å²) in [4.78, 5) is 7.63. The maximum Gasteiger partial charge on any atom is 0.0426 e. The monoisotopic (exact) mass is 336 g/mol. The largest absolute Gasteiger partial charge is 0.369 e. The van der Waals surface area contributed by atoms with Gasteiger partial charge >= 0.3 is 0 Å². The Bertz CT molecular complexity index is 505. The van der Waals surface area contributed by atoms with Crippen LogP contribution in [0, 0.1) is 0 Å². The number of hydrogen-bond acceptors (Lipinski definition) is 4. The number of likely N-dealkylation sites (tertiary alicyclic amines) is 1. The summed E-state index contributed by atoms with van der Waals surface area (Å²) in [5.41, 5.74) is 7.68. The lowest BCUT2D eigenvalue weighted by molar-refractivity contribution is 0.0244. The molecule has 4 nitrogen and oxygen atoms in total. The fourth-order valence-electron chi connectivity index (χ4n) is 4.05. The van der Waals surface area contributed by atoms with E-state index < -0.39 is 0 Å². The van der Waals surface area contributed by atoms with E-state index in [9.17, 15) is 0 Å². The van der Waals surface area contributed by atoms with E-state index in [1.807, 2.05) is 12.1 Å². The van der Waals surface area contributed by atoms with Crippen molar-refractivity contribution in [3.63, 3.8) is 0 Å². The van der Waals surface area contributed by atoms with E-state index in [1.54, 1.807) is 0 Å². The van der Waals surface area contributed by atoms with E-state index in [-0.39, 0.29) is 5.54 Å². The first-order valence-electron chi connectivity index (χ1n) is 8.85. The van der Waals surface area contributed by atoms with Crippen LogP contribution in [-0.4, -0.2) is 67.7 Å². The first kappa shape index (κ1) is 17.0. The molecule has 0 radical (unpaired) electrons.